The summed E-state index contributed by atoms with van der Waals surface area (Å²) in [4.78, 5) is 13.6. The van der Waals surface area contributed by atoms with Crippen molar-refractivity contribution in [3.05, 3.63) is 51.8 Å². The molecule has 0 aliphatic rings. The van der Waals surface area contributed by atoms with Gasteiger partial charge in [0.2, 0.25) is 0 Å². The van der Waals surface area contributed by atoms with E-state index >= 15 is 0 Å². The first-order chi connectivity index (χ1) is 8.72. The lowest BCUT2D eigenvalue weighted by Gasteiger charge is -1.98. The number of hydrogen-bond acceptors (Lipinski definition) is 3. The van der Waals surface area contributed by atoms with Gasteiger partial charge in [0.15, 0.2) is 0 Å². The van der Waals surface area contributed by atoms with E-state index in [1.54, 1.807) is 12.3 Å². The topological polar surface area (TPSA) is 68.2 Å². The quantitative estimate of drug-likeness (QED) is 0.651. The van der Waals surface area contributed by atoms with Crippen LogP contribution in [-0.2, 0) is 4.74 Å². The molecule has 18 heavy (non-hydrogen) atoms. The van der Waals surface area contributed by atoms with Gasteiger partial charge in [0.25, 0.3) is 5.70 Å². The van der Waals surface area contributed by atoms with E-state index in [2.05, 4.69) is 4.98 Å². The van der Waals surface area contributed by atoms with Crippen molar-refractivity contribution in [2.24, 2.45) is 0 Å². The molecule has 5 nitrogen and oxygen atoms in total. The van der Waals surface area contributed by atoms with Gasteiger partial charge in [-0.25, -0.2) is 0 Å². The molecule has 0 spiro atoms. The van der Waals surface area contributed by atoms with Crippen molar-refractivity contribution < 1.29 is 9.66 Å². The fourth-order valence-corrected chi connectivity index (χ4v) is 1.75. The van der Waals surface area contributed by atoms with Gasteiger partial charge in [0, 0.05) is 35.3 Å². The molecule has 94 valence electrons. The van der Waals surface area contributed by atoms with Crippen LogP contribution in [0.15, 0.2) is 36.2 Å². The summed E-state index contributed by atoms with van der Waals surface area (Å²) >= 11 is 0. The molecule has 0 radical (unpaired) electrons. The van der Waals surface area contributed by atoms with Gasteiger partial charge in [-0.05, 0) is 13.0 Å². The molecule has 5 heteroatoms. The fraction of sp³-hybridized carbons (Fsp3) is 0.231. The molecule has 0 fully saturated rings. The summed E-state index contributed by atoms with van der Waals surface area (Å²) in [6.07, 6.45) is 3.31. The molecule has 2 rings (SSSR count). The lowest BCUT2D eigenvalue weighted by Crippen LogP contribution is -2.06. The Morgan fingerprint density at radius 1 is 1.50 bits per heavy atom. The van der Waals surface area contributed by atoms with Crippen LogP contribution in [0.2, 0.25) is 0 Å². The van der Waals surface area contributed by atoms with Crippen molar-refractivity contribution in [3.8, 4) is 0 Å². The highest BCUT2D eigenvalue weighted by Gasteiger charge is 2.12. The van der Waals surface area contributed by atoms with Crippen molar-refractivity contribution in [1.82, 2.24) is 4.98 Å². The maximum atomic E-state index is 10.9. The van der Waals surface area contributed by atoms with E-state index in [9.17, 15) is 10.1 Å². The third kappa shape index (κ3) is 2.57. The molecule has 2 aromatic rings. The van der Waals surface area contributed by atoms with E-state index in [0.717, 1.165) is 16.5 Å². The lowest BCUT2D eigenvalue weighted by atomic mass is 10.1. The number of ether oxygens (including phenoxy) is 1. The monoisotopic (exact) mass is 246 g/mol. The van der Waals surface area contributed by atoms with Gasteiger partial charge in [-0.1, -0.05) is 18.2 Å². The smallest absolute Gasteiger partial charge is 0.272 e. The number of hydrogen-bond donors (Lipinski definition) is 1. The highest BCUT2D eigenvalue weighted by molar-refractivity contribution is 5.88. The molecule has 1 N–H and O–H groups in total. The Morgan fingerprint density at radius 2 is 2.28 bits per heavy atom. The molecule has 0 saturated heterocycles. The van der Waals surface area contributed by atoms with Crippen LogP contribution in [0.4, 0.5) is 0 Å². The second-order valence-corrected chi connectivity index (χ2v) is 3.82. The van der Waals surface area contributed by atoms with E-state index in [-0.39, 0.29) is 12.3 Å². The van der Waals surface area contributed by atoms with Crippen LogP contribution >= 0.6 is 0 Å². The Balaban J connectivity index is 2.37. The van der Waals surface area contributed by atoms with Gasteiger partial charge in [-0.15, -0.1) is 0 Å². The molecule has 0 unspecified atom stereocenters. The molecule has 0 bridgehead atoms. The summed E-state index contributed by atoms with van der Waals surface area (Å²) in [7, 11) is 0. The van der Waals surface area contributed by atoms with Crippen LogP contribution in [0.25, 0.3) is 17.0 Å². The number of aromatic amines is 1. The number of aromatic nitrogens is 1. The molecule has 0 aliphatic carbocycles. The zero-order chi connectivity index (χ0) is 13.0. The van der Waals surface area contributed by atoms with Gasteiger partial charge in [-0.2, -0.15) is 0 Å². The van der Waals surface area contributed by atoms with Crippen LogP contribution in [-0.4, -0.2) is 23.1 Å². The number of H-pyrrole nitrogens is 1. The minimum absolute atomic E-state index is 0.0169. The largest absolute Gasteiger partial charge is 0.370 e. The van der Waals surface area contributed by atoms with Crippen LogP contribution < -0.4 is 0 Å². The fourth-order valence-electron chi connectivity index (χ4n) is 1.75. The Kier molecular flexibility index (Phi) is 3.74. The normalized spacial score (nSPS) is 11.9. The summed E-state index contributed by atoms with van der Waals surface area (Å²) in [6.45, 7) is 2.28. The Labute approximate surface area is 104 Å². The Hall–Kier alpha value is -2.14. The predicted octanol–water partition coefficient (Wildman–Crippen LogP) is 2.82. The molecule has 1 heterocycles. The Bertz CT molecular complexity index is 587. The highest BCUT2D eigenvalue weighted by Crippen LogP contribution is 2.20. The summed E-state index contributed by atoms with van der Waals surface area (Å²) in [5, 5.41) is 11.9. The van der Waals surface area contributed by atoms with Crippen molar-refractivity contribution >= 4 is 17.0 Å². The first-order valence-corrected chi connectivity index (χ1v) is 5.71. The molecule has 1 aromatic carbocycles. The third-order valence-corrected chi connectivity index (χ3v) is 2.63. The summed E-state index contributed by atoms with van der Waals surface area (Å²) in [5.41, 5.74) is 1.82. The number of nitrogens with one attached hydrogen (secondary N) is 1. The minimum Gasteiger partial charge on any atom is -0.370 e. The number of para-hydroxylation sites is 1. The van der Waals surface area contributed by atoms with Crippen LogP contribution in [0, 0.1) is 10.1 Å². The third-order valence-electron chi connectivity index (χ3n) is 2.63. The molecule has 0 atom stereocenters. The van der Waals surface area contributed by atoms with Crippen LogP contribution in [0.3, 0.4) is 0 Å². The standard InChI is InChI=1S/C13H14N2O3/c1-2-18-9-11(15(16)17)7-10-8-14-13-6-4-3-5-12(10)13/h3-8,14H,2,9H2,1H3. The summed E-state index contributed by atoms with van der Waals surface area (Å²) in [5.74, 6) is 0. The summed E-state index contributed by atoms with van der Waals surface area (Å²) in [6, 6.07) is 7.68. The van der Waals surface area contributed by atoms with Gasteiger partial charge < -0.3 is 9.72 Å². The first kappa shape index (κ1) is 12.3. The van der Waals surface area contributed by atoms with Gasteiger partial charge in [-0.3, -0.25) is 10.1 Å². The van der Waals surface area contributed by atoms with E-state index in [4.69, 9.17) is 4.74 Å². The van der Waals surface area contributed by atoms with Crippen molar-refractivity contribution in [2.45, 2.75) is 6.92 Å². The van der Waals surface area contributed by atoms with Gasteiger partial charge in [0.1, 0.15) is 6.61 Å². The second kappa shape index (κ2) is 5.46. The van der Waals surface area contributed by atoms with Crippen molar-refractivity contribution in [2.75, 3.05) is 13.2 Å². The molecule has 0 amide bonds. The number of benzene rings is 1. The number of nitrogens with zero attached hydrogens (tertiary/aromatic N) is 1. The number of nitro groups is 1. The predicted molar refractivity (Wildman–Crippen MR) is 69.8 cm³/mol. The molecule has 1 aromatic heterocycles. The van der Waals surface area contributed by atoms with E-state index in [0.29, 0.717) is 6.61 Å². The first-order valence-electron chi connectivity index (χ1n) is 5.71. The summed E-state index contributed by atoms with van der Waals surface area (Å²) < 4.78 is 5.10. The second-order valence-electron chi connectivity index (χ2n) is 3.82. The number of rotatable bonds is 5. The lowest BCUT2D eigenvalue weighted by molar-refractivity contribution is -0.429. The van der Waals surface area contributed by atoms with E-state index < -0.39 is 4.92 Å². The minimum atomic E-state index is -0.405. The van der Waals surface area contributed by atoms with Gasteiger partial charge >= 0.3 is 0 Å². The average molecular weight is 246 g/mol. The average Bonchev–Trinajstić information content (AvgIpc) is 2.77. The maximum Gasteiger partial charge on any atom is 0.272 e. The Morgan fingerprint density at radius 3 is 3.00 bits per heavy atom. The maximum absolute atomic E-state index is 10.9. The molecule has 0 saturated carbocycles. The SMILES string of the molecule is CCOCC(=Cc1c[nH]c2ccccc12)[N+](=O)[O-]. The van der Waals surface area contributed by atoms with Crippen molar-refractivity contribution in [3.63, 3.8) is 0 Å². The zero-order valence-corrected chi connectivity index (χ0v) is 10.1. The van der Waals surface area contributed by atoms with Gasteiger partial charge in [0.05, 0.1) is 4.92 Å². The van der Waals surface area contributed by atoms with Crippen LogP contribution in [0.1, 0.15) is 12.5 Å². The van der Waals surface area contributed by atoms with E-state index in [1.807, 2.05) is 31.2 Å². The van der Waals surface area contributed by atoms with E-state index in [1.165, 1.54) is 0 Å². The highest BCUT2D eigenvalue weighted by atomic mass is 16.6. The molecule has 0 aliphatic heterocycles. The zero-order valence-electron chi connectivity index (χ0n) is 10.1. The molecular formula is C13H14N2O3. The molecular weight excluding hydrogens is 232 g/mol. The van der Waals surface area contributed by atoms with Crippen LogP contribution in [0.5, 0.6) is 0 Å². The number of fused-ring (bicyclic) bond motifs is 1. The van der Waals surface area contributed by atoms with Crippen molar-refractivity contribution in [1.29, 1.82) is 0 Å².